The van der Waals surface area contributed by atoms with Crippen molar-refractivity contribution in [3.63, 3.8) is 0 Å². The lowest BCUT2D eigenvalue weighted by molar-refractivity contribution is 0.0698. The van der Waals surface area contributed by atoms with E-state index in [2.05, 4.69) is 4.98 Å². The van der Waals surface area contributed by atoms with Crippen molar-refractivity contribution in [1.29, 1.82) is 0 Å². The number of carboxylic acid groups (broad SMARTS) is 1. The van der Waals surface area contributed by atoms with Crippen molar-refractivity contribution in [1.82, 2.24) is 9.38 Å². The first-order valence-electron chi connectivity index (χ1n) is 7.63. The monoisotopic (exact) mass is 350 g/mol. The number of benzene rings is 2. The molecule has 0 aliphatic carbocycles. The van der Waals surface area contributed by atoms with E-state index in [0.29, 0.717) is 11.0 Å². The van der Waals surface area contributed by atoms with E-state index in [9.17, 15) is 24.2 Å². The molecule has 0 saturated heterocycles. The molecular weight excluding hydrogens is 339 g/mol. The molecule has 2 N–H and O–H groups in total. The number of aromatic carboxylic acids is 1. The Morgan fingerprint density at radius 2 is 1.81 bits per heavy atom. The molecule has 0 spiro atoms. The van der Waals surface area contributed by atoms with E-state index in [1.54, 1.807) is 24.3 Å². The topological polar surface area (TPSA) is 91.9 Å². The fraction of sp³-hybridized carbons (Fsp3) is 0. The molecule has 0 bridgehead atoms. The zero-order valence-corrected chi connectivity index (χ0v) is 13.2. The zero-order valence-electron chi connectivity index (χ0n) is 13.2. The number of carboxylic acids is 1. The summed E-state index contributed by atoms with van der Waals surface area (Å²) in [6.45, 7) is 0. The summed E-state index contributed by atoms with van der Waals surface area (Å²) >= 11 is 0. The molecule has 6 nitrogen and oxygen atoms in total. The molecule has 0 unspecified atom stereocenters. The number of hydrogen-bond donors (Lipinski definition) is 2. The highest BCUT2D eigenvalue weighted by atomic mass is 19.1. The van der Waals surface area contributed by atoms with Gasteiger partial charge < -0.3 is 10.2 Å². The molecule has 0 radical (unpaired) electrons. The fourth-order valence-electron chi connectivity index (χ4n) is 2.89. The van der Waals surface area contributed by atoms with Crippen LogP contribution in [0.3, 0.4) is 0 Å². The Morgan fingerprint density at radius 3 is 2.58 bits per heavy atom. The number of ketones is 1. The lowest BCUT2D eigenvalue weighted by Crippen LogP contribution is -2.08. The molecule has 2 heterocycles. The number of rotatable bonds is 3. The molecule has 4 rings (SSSR count). The molecule has 0 saturated carbocycles. The molecular formula is C19H11FN2O4. The summed E-state index contributed by atoms with van der Waals surface area (Å²) < 4.78 is 15.0. The number of nitrogens with zero attached hydrogens (tertiary/aromatic N) is 2. The smallest absolute Gasteiger partial charge is 0.339 e. The Kier molecular flexibility index (Phi) is 3.43. The minimum atomic E-state index is -1.25. The number of imidazole rings is 1. The van der Waals surface area contributed by atoms with Gasteiger partial charge in [0.15, 0.2) is 11.4 Å². The number of para-hydroxylation sites is 2. The van der Waals surface area contributed by atoms with Gasteiger partial charge in [0.25, 0.3) is 0 Å². The standard InChI is InChI=1S/C19H11FN2O4/c20-11-5-6-16(23)12(8-11)17(24)10-7-13(19(25)26)18-21-14-3-1-2-4-15(14)22(18)9-10/h1-9,23H,(H,25,26). The van der Waals surface area contributed by atoms with E-state index < -0.39 is 17.6 Å². The summed E-state index contributed by atoms with van der Waals surface area (Å²) in [6.07, 6.45) is 1.43. The SMILES string of the molecule is O=C(c1cc(C(=O)O)c2nc3ccccc3n2c1)c1cc(F)ccc1O. The number of halogens is 1. The van der Waals surface area contributed by atoms with E-state index in [0.717, 1.165) is 18.2 Å². The number of fused-ring (bicyclic) bond motifs is 3. The highest BCUT2D eigenvalue weighted by Gasteiger charge is 2.21. The number of phenolic OH excluding ortho intramolecular Hbond substituents is 1. The highest BCUT2D eigenvalue weighted by molar-refractivity contribution is 6.12. The molecule has 0 aliphatic heterocycles. The molecule has 2 aromatic carbocycles. The molecule has 128 valence electrons. The fourth-order valence-corrected chi connectivity index (χ4v) is 2.89. The van der Waals surface area contributed by atoms with E-state index in [1.165, 1.54) is 16.7 Å². The Morgan fingerprint density at radius 1 is 1.04 bits per heavy atom. The number of aromatic hydroxyl groups is 1. The Bertz CT molecular complexity index is 1210. The first kappa shape index (κ1) is 15.8. The van der Waals surface area contributed by atoms with Gasteiger partial charge in [-0.1, -0.05) is 12.1 Å². The van der Waals surface area contributed by atoms with Crippen molar-refractivity contribution in [3.05, 3.63) is 77.2 Å². The number of aromatic nitrogens is 2. The number of phenols is 1. The molecule has 4 aromatic rings. The third-order valence-electron chi connectivity index (χ3n) is 4.10. The van der Waals surface area contributed by atoms with Gasteiger partial charge in [-0.2, -0.15) is 0 Å². The summed E-state index contributed by atoms with van der Waals surface area (Å²) in [6, 6.07) is 11.2. The van der Waals surface area contributed by atoms with E-state index in [-0.39, 0.29) is 28.1 Å². The summed E-state index contributed by atoms with van der Waals surface area (Å²) in [5.74, 6) is -3.00. The van der Waals surface area contributed by atoms with Crippen molar-refractivity contribution in [2.24, 2.45) is 0 Å². The summed E-state index contributed by atoms with van der Waals surface area (Å²) in [5.41, 5.74) is 0.988. The third-order valence-corrected chi connectivity index (χ3v) is 4.10. The molecule has 0 fully saturated rings. The first-order valence-corrected chi connectivity index (χ1v) is 7.63. The second-order valence-electron chi connectivity index (χ2n) is 5.73. The van der Waals surface area contributed by atoms with Gasteiger partial charge in [0.1, 0.15) is 17.1 Å². The average Bonchev–Trinajstić information content (AvgIpc) is 3.00. The van der Waals surface area contributed by atoms with Crippen LogP contribution in [0.15, 0.2) is 54.7 Å². The Balaban J connectivity index is 2.01. The van der Waals surface area contributed by atoms with Crippen molar-refractivity contribution >= 4 is 28.4 Å². The second-order valence-corrected chi connectivity index (χ2v) is 5.73. The maximum absolute atomic E-state index is 13.5. The van der Waals surface area contributed by atoms with Gasteiger partial charge in [-0.15, -0.1) is 0 Å². The van der Waals surface area contributed by atoms with Gasteiger partial charge >= 0.3 is 5.97 Å². The number of hydrogen-bond acceptors (Lipinski definition) is 4. The van der Waals surface area contributed by atoms with Gasteiger partial charge in [0, 0.05) is 11.8 Å². The van der Waals surface area contributed by atoms with Crippen LogP contribution in [-0.4, -0.2) is 31.4 Å². The minimum absolute atomic E-state index is 0.000969. The van der Waals surface area contributed by atoms with Crippen LogP contribution in [0.2, 0.25) is 0 Å². The van der Waals surface area contributed by atoms with Crippen molar-refractivity contribution in [3.8, 4) is 5.75 Å². The number of carbonyl (C=O) groups is 2. The lowest BCUT2D eigenvalue weighted by Gasteiger charge is -2.07. The van der Waals surface area contributed by atoms with E-state index >= 15 is 0 Å². The predicted molar refractivity (Wildman–Crippen MR) is 91.2 cm³/mol. The molecule has 0 aliphatic rings. The first-order chi connectivity index (χ1) is 12.5. The van der Waals surface area contributed by atoms with Crippen LogP contribution in [0.1, 0.15) is 26.3 Å². The summed E-state index contributed by atoms with van der Waals surface area (Å²) in [7, 11) is 0. The van der Waals surface area contributed by atoms with Crippen LogP contribution in [0.5, 0.6) is 5.75 Å². The zero-order chi connectivity index (χ0) is 18.4. The van der Waals surface area contributed by atoms with Crippen LogP contribution >= 0.6 is 0 Å². The van der Waals surface area contributed by atoms with E-state index in [4.69, 9.17) is 0 Å². The van der Waals surface area contributed by atoms with Crippen LogP contribution in [0.25, 0.3) is 16.7 Å². The predicted octanol–water partition coefficient (Wildman–Crippen LogP) is 3.26. The molecule has 7 heteroatoms. The maximum atomic E-state index is 13.5. The van der Waals surface area contributed by atoms with Crippen LogP contribution in [0, 0.1) is 5.82 Å². The van der Waals surface area contributed by atoms with Crippen LogP contribution in [-0.2, 0) is 0 Å². The van der Waals surface area contributed by atoms with Gasteiger partial charge in [-0.05, 0) is 36.4 Å². The lowest BCUT2D eigenvalue weighted by atomic mass is 10.0. The van der Waals surface area contributed by atoms with Crippen LogP contribution < -0.4 is 0 Å². The largest absolute Gasteiger partial charge is 0.507 e. The quantitative estimate of drug-likeness (QED) is 0.553. The Hall–Kier alpha value is -3.74. The van der Waals surface area contributed by atoms with Gasteiger partial charge in [-0.25, -0.2) is 14.2 Å². The molecule has 0 atom stereocenters. The molecule has 0 amide bonds. The normalized spacial score (nSPS) is 11.1. The van der Waals surface area contributed by atoms with Gasteiger partial charge in [0.05, 0.1) is 16.6 Å². The summed E-state index contributed by atoms with van der Waals surface area (Å²) in [4.78, 5) is 28.7. The van der Waals surface area contributed by atoms with Crippen LogP contribution in [0.4, 0.5) is 4.39 Å². The molecule has 26 heavy (non-hydrogen) atoms. The highest BCUT2D eigenvalue weighted by Crippen LogP contribution is 2.25. The second kappa shape index (κ2) is 5.66. The minimum Gasteiger partial charge on any atom is -0.507 e. The van der Waals surface area contributed by atoms with Gasteiger partial charge in [0.2, 0.25) is 0 Å². The number of carbonyl (C=O) groups excluding carboxylic acids is 1. The van der Waals surface area contributed by atoms with Crippen molar-refractivity contribution < 1.29 is 24.2 Å². The average molecular weight is 350 g/mol. The Labute approximate surface area is 145 Å². The van der Waals surface area contributed by atoms with Crippen molar-refractivity contribution in [2.45, 2.75) is 0 Å². The summed E-state index contributed by atoms with van der Waals surface area (Å²) in [5, 5.41) is 19.4. The van der Waals surface area contributed by atoms with E-state index in [1.807, 2.05) is 0 Å². The number of pyridine rings is 1. The molecule has 2 aromatic heterocycles. The maximum Gasteiger partial charge on any atom is 0.339 e. The third kappa shape index (κ3) is 2.37. The van der Waals surface area contributed by atoms with Gasteiger partial charge in [-0.3, -0.25) is 9.20 Å². The van der Waals surface area contributed by atoms with Crippen molar-refractivity contribution in [2.75, 3.05) is 0 Å².